The Morgan fingerprint density at radius 2 is 2.45 bits per heavy atom. The summed E-state index contributed by atoms with van der Waals surface area (Å²) in [5.74, 6) is 0.000556. The molecule has 0 aliphatic rings. The molecule has 1 heterocycles. The fourth-order valence-electron chi connectivity index (χ4n) is 0.756. The lowest BCUT2D eigenvalue weighted by molar-refractivity contribution is 0.104. The van der Waals surface area contributed by atoms with Gasteiger partial charge in [-0.15, -0.1) is 0 Å². The number of rotatable bonds is 2. The van der Waals surface area contributed by atoms with Crippen molar-refractivity contribution in [3.05, 3.63) is 42.2 Å². The first-order valence-electron chi connectivity index (χ1n) is 3.41. The van der Waals surface area contributed by atoms with Crippen molar-refractivity contribution in [3.63, 3.8) is 0 Å². The lowest BCUT2D eigenvalue weighted by Gasteiger charge is -1.90. The lowest BCUT2D eigenvalue weighted by Crippen LogP contribution is -1.93. The Balaban J connectivity index is 2.86. The highest BCUT2D eigenvalue weighted by Crippen LogP contribution is 1.97. The first-order valence-corrected chi connectivity index (χ1v) is 3.41. The summed E-state index contributed by atoms with van der Waals surface area (Å²) in [5.41, 5.74) is 0.630. The van der Waals surface area contributed by atoms with Crippen LogP contribution in [0.3, 0.4) is 0 Å². The Morgan fingerprint density at radius 1 is 1.64 bits per heavy atom. The van der Waals surface area contributed by atoms with Crippen molar-refractivity contribution in [1.82, 2.24) is 4.98 Å². The predicted molar refractivity (Wildman–Crippen MR) is 43.4 cm³/mol. The normalized spacial score (nSPS) is 10.3. The SMILES string of the molecule is CC=CC(=O)c1cccnc1. The highest BCUT2D eigenvalue weighted by Gasteiger charge is 1.97. The Morgan fingerprint density at radius 3 is 3.00 bits per heavy atom. The minimum absolute atomic E-state index is 0.000556. The zero-order chi connectivity index (χ0) is 8.10. The molecule has 0 saturated heterocycles. The number of pyridine rings is 1. The van der Waals surface area contributed by atoms with Crippen molar-refractivity contribution in [3.8, 4) is 0 Å². The Hall–Kier alpha value is -1.44. The van der Waals surface area contributed by atoms with Crippen LogP contribution in [0.4, 0.5) is 0 Å². The monoisotopic (exact) mass is 147 g/mol. The molecule has 0 radical (unpaired) electrons. The number of ketones is 1. The van der Waals surface area contributed by atoms with Crippen LogP contribution in [0.15, 0.2) is 36.7 Å². The van der Waals surface area contributed by atoms with Crippen molar-refractivity contribution < 1.29 is 4.79 Å². The van der Waals surface area contributed by atoms with E-state index < -0.39 is 0 Å². The van der Waals surface area contributed by atoms with Gasteiger partial charge in [0.25, 0.3) is 0 Å². The highest BCUT2D eigenvalue weighted by molar-refractivity contribution is 6.04. The van der Waals surface area contributed by atoms with E-state index in [1.54, 1.807) is 30.6 Å². The summed E-state index contributed by atoms with van der Waals surface area (Å²) >= 11 is 0. The van der Waals surface area contributed by atoms with Crippen LogP contribution in [-0.4, -0.2) is 10.8 Å². The Labute approximate surface area is 65.6 Å². The molecule has 56 valence electrons. The van der Waals surface area contributed by atoms with Crippen molar-refractivity contribution >= 4 is 5.78 Å². The molecule has 0 aliphatic carbocycles. The van der Waals surface area contributed by atoms with Crippen LogP contribution < -0.4 is 0 Å². The van der Waals surface area contributed by atoms with E-state index in [1.165, 1.54) is 6.08 Å². The molecule has 1 rings (SSSR count). The van der Waals surface area contributed by atoms with Gasteiger partial charge in [0.15, 0.2) is 5.78 Å². The first kappa shape index (κ1) is 7.66. The molecule has 0 aliphatic heterocycles. The molecule has 0 atom stereocenters. The summed E-state index contributed by atoms with van der Waals surface area (Å²) in [6.07, 6.45) is 6.45. The van der Waals surface area contributed by atoms with E-state index in [-0.39, 0.29) is 5.78 Å². The van der Waals surface area contributed by atoms with Gasteiger partial charge in [0.1, 0.15) is 0 Å². The summed E-state index contributed by atoms with van der Waals surface area (Å²) in [6.45, 7) is 1.81. The van der Waals surface area contributed by atoms with E-state index in [2.05, 4.69) is 4.98 Å². The summed E-state index contributed by atoms with van der Waals surface area (Å²) in [7, 11) is 0. The van der Waals surface area contributed by atoms with Gasteiger partial charge in [0, 0.05) is 18.0 Å². The quantitative estimate of drug-likeness (QED) is 0.472. The molecular weight excluding hydrogens is 138 g/mol. The molecule has 0 unspecified atom stereocenters. The summed E-state index contributed by atoms with van der Waals surface area (Å²) < 4.78 is 0. The van der Waals surface area contributed by atoms with Crippen LogP contribution in [0.2, 0.25) is 0 Å². The van der Waals surface area contributed by atoms with Gasteiger partial charge in [0.2, 0.25) is 0 Å². The second-order valence-corrected chi connectivity index (χ2v) is 2.11. The Kier molecular flexibility index (Phi) is 2.55. The van der Waals surface area contributed by atoms with E-state index in [0.29, 0.717) is 5.56 Å². The molecule has 0 spiro atoms. The van der Waals surface area contributed by atoms with Crippen molar-refractivity contribution in [2.24, 2.45) is 0 Å². The van der Waals surface area contributed by atoms with Crippen molar-refractivity contribution in [1.29, 1.82) is 0 Å². The third-order valence-corrected chi connectivity index (χ3v) is 1.26. The predicted octanol–water partition coefficient (Wildman–Crippen LogP) is 1.84. The van der Waals surface area contributed by atoms with Gasteiger partial charge in [0.05, 0.1) is 0 Å². The fourth-order valence-corrected chi connectivity index (χ4v) is 0.756. The van der Waals surface area contributed by atoms with Crippen LogP contribution >= 0.6 is 0 Å². The molecular formula is C9H9NO. The largest absolute Gasteiger partial charge is 0.289 e. The van der Waals surface area contributed by atoms with Crippen LogP contribution in [-0.2, 0) is 0 Å². The number of hydrogen-bond acceptors (Lipinski definition) is 2. The molecule has 1 aromatic heterocycles. The lowest BCUT2D eigenvalue weighted by atomic mass is 10.2. The van der Waals surface area contributed by atoms with E-state index in [4.69, 9.17) is 0 Å². The number of aromatic nitrogens is 1. The van der Waals surface area contributed by atoms with Crippen LogP contribution in [0.1, 0.15) is 17.3 Å². The maximum Gasteiger partial charge on any atom is 0.187 e. The average molecular weight is 147 g/mol. The second-order valence-electron chi connectivity index (χ2n) is 2.11. The first-order chi connectivity index (χ1) is 5.34. The van der Waals surface area contributed by atoms with Gasteiger partial charge in [-0.3, -0.25) is 9.78 Å². The van der Waals surface area contributed by atoms with Crippen molar-refractivity contribution in [2.45, 2.75) is 6.92 Å². The number of carbonyl (C=O) groups excluding carboxylic acids is 1. The zero-order valence-electron chi connectivity index (χ0n) is 6.32. The maximum atomic E-state index is 11.1. The van der Waals surface area contributed by atoms with Gasteiger partial charge in [-0.1, -0.05) is 6.08 Å². The summed E-state index contributed by atoms with van der Waals surface area (Å²) in [5, 5.41) is 0. The molecule has 0 amide bonds. The fraction of sp³-hybridized carbons (Fsp3) is 0.111. The summed E-state index contributed by atoms with van der Waals surface area (Å²) in [4.78, 5) is 15.0. The van der Waals surface area contributed by atoms with Crippen LogP contribution in [0, 0.1) is 0 Å². The topological polar surface area (TPSA) is 30.0 Å². The molecule has 0 saturated carbocycles. The standard InChI is InChI=1S/C9H9NO/c1-2-4-9(11)8-5-3-6-10-7-8/h2-7H,1H3. The molecule has 0 bridgehead atoms. The minimum atomic E-state index is 0.000556. The molecule has 0 fully saturated rings. The highest BCUT2D eigenvalue weighted by atomic mass is 16.1. The van der Waals surface area contributed by atoms with E-state index >= 15 is 0 Å². The molecule has 2 nitrogen and oxygen atoms in total. The van der Waals surface area contributed by atoms with Gasteiger partial charge in [-0.25, -0.2) is 0 Å². The number of hydrogen-bond donors (Lipinski definition) is 0. The second kappa shape index (κ2) is 3.66. The maximum absolute atomic E-state index is 11.1. The number of allylic oxidation sites excluding steroid dienone is 2. The van der Waals surface area contributed by atoms with Gasteiger partial charge < -0.3 is 0 Å². The third kappa shape index (κ3) is 2.00. The molecule has 1 aromatic rings. The molecule has 0 N–H and O–H groups in total. The van der Waals surface area contributed by atoms with Crippen LogP contribution in [0.25, 0.3) is 0 Å². The zero-order valence-corrected chi connectivity index (χ0v) is 6.32. The minimum Gasteiger partial charge on any atom is -0.289 e. The number of nitrogens with zero attached hydrogens (tertiary/aromatic N) is 1. The van der Waals surface area contributed by atoms with E-state index in [0.717, 1.165) is 0 Å². The van der Waals surface area contributed by atoms with Gasteiger partial charge in [-0.05, 0) is 25.1 Å². The van der Waals surface area contributed by atoms with Gasteiger partial charge >= 0.3 is 0 Å². The molecule has 11 heavy (non-hydrogen) atoms. The average Bonchev–Trinajstić information content (AvgIpc) is 2.07. The molecule has 0 aromatic carbocycles. The summed E-state index contributed by atoms with van der Waals surface area (Å²) in [6, 6.07) is 3.49. The smallest absolute Gasteiger partial charge is 0.187 e. The Bertz CT molecular complexity index is 264. The number of carbonyl (C=O) groups is 1. The third-order valence-electron chi connectivity index (χ3n) is 1.26. The van der Waals surface area contributed by atoms with Crippen molar-refractivity contribution in [2.75, 3.05) is 0 Å². The van der Waals surface area contributed by atoms with E-state index in [9.17, 15) is 4.79 Å². The van der Waals surface area contributed by atoms with Gasteiger partial charge in [-0.2, -0.15) is 0 Å². The van der Waals surface area contributed by atoms with Crippen LogP contribution in [0.5, 0.6) is 0 Å². The van der Waals surface area contributed by atoms with E-state index in [1.807, 2.05) is 6.92 Å². The molecule has 2 heteroatoms.